The van der Waals surface area contributed by atoms with Crippen molar-refractivity contribution in [3.05, 3.63) is 35.5 Å². The number of rotatable bonds is 4. The minimum atomic E-state index is -0.657. The molecule has 1 fully saturated rings. The van der Waals surface area contributed by atoms with Gasteiger partial charge in [-0.3, -0.25) is 4.79 Å². The van der Waals surface area contributed by atoms with Crippen LogP contribution in [0.15, 0.2) is 35.5 Å². The summed E-state index contributed by atoms with van der Waals surface area (Å²) in [6.07, 6.45) is 4.16. The maximum Gasteiger partial charge on any atom is 0.334 e. The summed E-state index contributed by atoms with van der Waals surface area (Å²) in [6, 6.07) is 0. The summed E-state index contributed by atoms with van der Waals surface area (Å²) in [5.74, 6) is -1.89. The molecule has 0 amide bonds. The molecule has 4 atom stereocenters. The molecule has 6 heteroatoms. The van der Waals surface area contributed by atoms with Crippen LogP contribution in [-0.2, 0) is 28.6 Å². The normalized spacial score (nSPS) is 32.2. The molecule has 0 aromatic heterocycles. The molecule has 0 aromatic carbocycles. The van der Waals surface area contributed by atoms with Gasteiger partial charge in [-0.05, 0) is 31.9 Å². The van der Waals surface area contributed by atoms with E-state index in [9.17, 15) is 14.4 Å². The van der Waals surface area contributed by atoms with Crippen LogP contribution in [0.5, 0.6) is 0 Å². The number of carbonyl (C=O) groups is 3. The van der Waals surface area contributed by atoms with Gasteiger partial charge < -0.3 is 14.2 Å². The Morgan fingerprint density at radius 3 is 2.56 bits per heavy atom. The monoisotopic (exact) mass is 374 g/mol. The van der Waals surface area contributed by atoms with Crippen LogP contribution in [0.1, 0.15) is 46.5 Å². The summed E-state index contributed by atoms with van der Waals surface area (Å²) < 4.78 is 16.7. The van der Waals surface area contributed by atoms with Gasteiger partial charge in [-0.25, -0.2) is 9.59 Å². The van der Waals surface area contributed by atoms with Crippen LogP contribution >= 0.6 is 0 Å². The maximum atomic E-state index is 12.6. The third-order valence-electron chi connectivity index (χ3n) is 5.55. The summed E-state index contributed by atoms with van der Waals surface area (Å²) in [7, 11) is 0. The van der Waals surface area contributed by atoms with Crippen molar-refractivity contribution in [2.45, 2.75) is 64.8 Å². The van der Waals surface area contributed by atoms with Crippen LogP contribution < -0.4 is 0 Å². The highest BCUT2D eigenvalue weighted by atomic mass is 16.6. The minimum absolute atomic E-state index is 0.192. The summed E-state index contributed by atoms with van der Waals surface area (Å²) >= 11 is 0. The Labute approximate surface area is 159 Å². The first-order chi connectivity index (χ1) is 12.8. The largest absolute Gasteiger partial charge is 0.458 e. The molecule has 6 nitrogen and oxygen atoms in total. The van der Waals surface area contributed by atoms with E-state index >= 15 is 0 Å². The molecule has 0 saturated carbocycles. The molecule has 2 aliphatic heterocycles. The van der Waals surface area contributed by atoms with Crippen LogP contribution in [-0.4, -0.2) is 36.2 Å². The average molecular weight is 374 g/mol. The highest BCUT2D eigenvalue weighted by molar-refractivity contribution is 5.93. The molecule has 1 saturated heterocycles. The predicted octanol–water partition coefficient (Wildman–Crippen LogP) is 3.02. The second-order valence-corrected chi connectivity index (χ2v) is 7.47. The molecule has 27 heavy (non-hydrogen) atoms. The van der Waals surface area contributed by atoms with E-state index < -0.39 is 24.1 Å². The Morgan fingerprint density at radius 2 is 1.89 bits per heavy atom. The minimum Gasteiger partial charge on any atom is -0.458 e. The van der Waals surface area contributed by atoms with Gasteiger partial charge >= 0.3 is 17.9 Å². The van der Waals surface area contributed by atoms with Gasteiger partial charge in [0, 0.05) is 24.0 Å². The number of esters is 3. The lowest BCUT2D eigenvalue weighted by Gasteiger charge is -2.27. The molecule has 2 bridgehead atoms. The lowest BCUT2D eigenvalue weighted by atomic mass is 9.85. The van der Waals surface area contributed by atoms with E-state index in [2.05, 4.69) is 6.58 Å². The summed E-state index contributed by atoms with van der Waals surface area (Å²) in [4.78, 5) is 36.9. The molecule has 146 valence electrons. The van der Waals surface area contributed by atoms with E-state index in [1.807, 2.05) is 26.8 Å². The van der Waals surface area contributed by atoms with Crippen LogP contribution in [0, 0.1) is 11.8 Å². The topological polar surface area (TPSA) is 78.9 Å². The second-order valence-electron chi connectivity index (χ2n) is 7.47. The van der Waals surface area contributed by atoms with E-state index in [-0.39, 0.29) is 36.0 Å². The second kappa shape index (κ2) is 7.71. The molecule has 2 heterocycles. The first-order valence-electron chi connectivity index (χ1n) is 9.53. The van der Waals surface area contributed by atoms with Crippen LogP contribution in [0.3, 0.4) is 0 Å². The lowest BCUT2D eigenvalue weighted by Crippen LogP contribution is -2.34. The van der Waals surface area contributed by atoms with Crippen LogP contribution in [0.4, 0.5) is 0 Å². The van der Waals surface area contributed by atoms with Crippen molar-refractivity contribution in [3.63, 3.8) is 0 Å². The summed E-state index contributed by atoms with van der Waals surface area (Å²) in [5, 5.41) is 0. The smallest absolute Gasteiger partial charge is 0.334 e. The van der Waals surface area contributed by atoms with Gasteiger partial charge in [0.1, 0.15) is 18.3 Å². The Bertz CT molecular complexity index is 727. The van der Waals surface area contributed by atoms with E-state index in [1.165, 1.54) is 0 Å². The molecule has 0 aromatic rings. The van der Waals surface area contributed by atoms with Gasteiger partial charge in [0.15, 0.2) is 0 Å². The van der Waals surface area contributed by atoms with Gasteiger partial charge in [-0.15, -0.1) is 0 Å². The van der Waals surface area contributed by atoms with Gasteiger partial charge in [-0.1, -0.05) is 26.0 Å². The van der Waals surface area contributed by atoms with Crippen molar-refractivity contribution in [2.24, 2.45) is 11.8 Å². The van der Waals surface area contributed by atoms with E-state index in [0.29, 0.717) is 24.8 Å². The molecule has 2 unspecified atom stereocenters. The first kappa shape index (κ1) is 19.4. The zero-order chi connectivity index (χ0) is 19.7. The fourth-order valence-electron chi connectivity index (χ4n) is 3.96. The van der Waals surface area contributed by atoms with E-state index in [0.717, 1.165) is 5.57 Å². The van der Waals surface area contributed by atoms with Gasteiger partial charge in [0.2, 0.25) is 0 Å². The molecule has 3 aliphatic rings. The number of hydrogen-bond donors (Lipinski definition) is 0. The molecule has 1 aliphatic carbocycles. The molecule has 0 spiro atoms. The maximum absolute atomic E-state index is 12.6. The van der Waals surface area contributed by atoms with Crippen molar-refractivity contribution >= 4 is 17.9 Å². The highest BCUT2D eigenvalue weighted by Gasteiger charge is 2.46. The van der Waals surface area contributed by atoms with Crippen LogP contribution in [0.25, 0.3) is 0 Å². The molecular formula is C21H26O6. The van der Waals surface area contributed by atoms with E-state index in [1.54, 1.807) is 6.08 Å². The number of ether oxygens (including phenoxy) is 3. The Balaban J connectivity index is 1.95. The van der Waals surface area contributed by atoms with Crippen LogP contribution in [0.2, 0.25) is 0 Å². The number of carbonyl (C=O) groups excluding carboxylic acids is 3. The Kier molecular flexibility index (Phi) is 5.53. The third-order valence-corrected chi connectivity index (χ3v) is 5.55. The lowest BCUT2D eigenvalue weighted by molar-refractivity contribution is -0.155. The first-order valence-corrected chi connectivity index (χ1v) is 9.53. The quantitative estimate of drug-likeness (QED) is 0.326. The predicted molar refractivity (Wildman–Crippen MR) is 97.4 cm³/mol. The van der Waals surface area contributed by atoms with Crippen molar-refractivity contribution in [1.82, 2.24) is 0 Å². The Morgan fingerprint density at radius 1 is 1.19 bits per heavy atom. The number of fused-ring (bicyclic) bond motifs is 2. The highest BCUT2D eigenvalue weighted by Crippen LogP contribution is 2.38. The SMILES string of the molecule is C=C1C(=O)O[C@H]2CC3=CC(C/C(C)=C/[C@@H](OC(=O)C(CC)CC)C12)OC3=O. The van der Waals surface area contributed by atoms with Gasteiger partial charge in [0.05, 0.1) is 11.8 Å². The van der Waals surface area contributed by atoms with E-state index in [4.69, 9.17) is 14.2 Å². The van der Waals surface area contributed by atoms with Crippen molar-refractivity contribution in [2.75, 3.05) is 0 Å². The zero-order valence-corrected chi connectivity index (χ0v) is 16.0. The summed E-state index contributed by atoms with van der Waals surface area (Å²) in [6.45, 7) is 9.65. The third kappa shape index (κ3) is 3.84. The standard InChI is InChI=1S/C21H26O6/c1-5-13(6-2)20(23)27-16-8-11(3)7-15-9-14(21(24)25-15)10-17-18(16)12(4)19(22)26-17/h8-9,13,15-18H,4-7,10H2,1-3H3/b11-8+/t15?,16-,17+,18?/m1/s1. The average Bonchev–Trinajstić information content (AvgIpc) is 3.07. The van der Waals surface area contributed by atoms with Crippen molar-refractivity contribution in [3.8, 4) is 0 Å². The fourth-order valence-corrected chi connectivity index (χ4v) is 3.96. The zero-order valence-electron chi connectivity index (χ0n) is 16.0. The molecule has 0 N–H and O–H groups in total. The van der Waals surface area contributed by atoms with Crippen molar-refractivity contribution < 1.29 is 28.6 Å². The molecule has 0 radical (unpaired) electrons. The Hall–Kier alpha value is -2.37. The summed E-state index contributed by atoms with van der Waals surface area (Å²) in [5.41, 5.74) is 1.69. The van der Waals surface area contributed by atoms with Gasteiger partial charge in [-0.2, -0.15) is 0 Å². The fraction of sp³-hybridized carbons (Fsp3) is 0.571. The van der Waals surface area contributed by atoms with Gasteiger partial charge in [0.25, 0.3) is 0 Å². The molecule has 3 rings (SSSR count). The number of hydrogen-bond acceptors (Lipinski definition) is 6. The van der Waals surface area contributed by atoms with Crippen molar-refractivity contribution in [1.29, 1.82) is 0 Å². The molecular weight excluding hydrogens is 348 g/mol.